The molecule has 0 aromatic carbocycles. The summed E-state index contributed by atoms with van der Waals surface area (Å²) >= 11 is 1.66. The van der Waals surface area contributed by atoms with E-state index in [1.165, 1.54) is 0 Å². The van der Waals surface area contributed by atoms with Crippen molar-refractivity contribution >= 4 is 34.5 Å². The van der Waals surface area contributed by atoms with Crippen LogP contribution in [0.5, 0.6) is 0 Å². The Morgan fingerprint density at radius 2 is 2.19 bits per heavy atom. The second kappa shape index (κ2) is 5.44. The highest BCUT2D eigenvalue weighted by Crippen LogP contribution is 2.31. The highest BCUT2D eigenvalue weighted by atomic mass is 127. The molecule has 2 N–H and O–H groups in total. The quantitative estimate of drug-likeness (QED) is 0.334. The van der Waals surface area contributed by atoms with Gasteiger partial charge in [-0.05, 0) is 29.5 Å². The van der Waals surface area contributed by atoms with E-state index in [4.69, 9.17) is 10.6 Å². The normalized spacial score (nSPS) is 18.7. The van der Waals surface area contributed by atoms with Gasteiger partial charge in [0.25, 0.3) is 5.91 Å². The van der Waals surface area contributed by atoms with Crippen LogP contribution in [-0.2, 0) is 11.3 Å². The molecule has 1 amide bonds. The van der Waals surface area contributed by atoms with Crippen LogP contribution in [0.2, 0.25) is 0 Å². The van der Waals surface area contributed by atoms with Crippen LogP contribution in [0.3, 0.4) is 0 Å². The molecule has 2 heterocycles. The van der Waals surface area contributed by atoms with Gasteiger partial charge in [-0.3, -0.25) is 14.5 Å². The van der Waals surface area contributed by atoms with E-state index in [2.05, 4.69) is 5.10 Å². The van der Waals surface area contributed by atoms with Gasteiger partial charge in [-0.25, -0.2) is 10.6 Å². The van der Waals surface area contributed by atoms with Gasteiger partial charge in [0, 0.05) is 0 Å². The molecule has 0 saturated carbocycles. The maximum atomic E-state index is 12.8. The van der Waals surface area contributed by atoms with Gasteiger partial charge in [-0.2, -0.15) is 18.3 Å². The van der Waals surface area contributed by atoms with Crippen molar-refractivity contribution in [3.05, 3.63) is 15.0 Å². The van der Waals surface area contributed by atoms with Crippen molar-refractivity contribution in [3.63, 3.8) is 0 Å². The van der Waals surface area contributed by atoms with E-state index in [9.17, 15) is 22.8 Å². The zero-order valence-electron chi connectivity index (χ0n) is 10.6. The molecule has 1 aliphatic heterocycles. The largest absolute Gasteiger partial charge is 0.462 e. The predicted octanol–water partition coefficient (Wildman–Crippen LogP) is 0.925. The van der Waals surface area contributed by atoms with Crippen molar-refractivity contribution in [3.8, 4) is 0 Å². The summed E-state index contributed by atoms with van der Waals surface area (Å²) in [4.78, 5) is 23.9. The molecule has 1 atom stereocenters. The minimum Gasteiger partial charge on any atom is -0.462 e. The fraction of sp³-hybridized carbons (Fsp3) is 0.500. The summed E-state index contributed by atoms with van der Waals surface area (Å²) in [6.45, 7) is 0.958. The summed E-state index contributed by atoms with van der Waals surface area (Å²) in [5, 5.41) is 3.88. The zero-order valence-corrected chi connectivity index (χ0v) is 12.8. The number of nitrogens with zero attached hydrogens (tertiary/aromatic N) is 3. The van der Waals surface area contributed by atoms with Crippen molar-refractivity contribution in [2.24, 2.45) is 5.84 Å². The van der Waals surface area contributed by atoms with Gasteiger partial charge >= 0.3 is 12.1 Å². The Balaban J connectivity index is 2.50. The Bertz CT molecular complexity index is 601. The lowest BCUT2D eigenvalue weighted by atomic mass is 10.1. The number of esters is 1. The minimum atomic E-state index is -4.69. The number of alkyl halides is 3. The van der Waals surface area contributed by atoms with Crippen LogP contribution in [-0.4, -0.2) is 45.5 Å². The number of rotatable bonds is 2. The molecule has 1 aromatic rings. The monoisotopic (exact) mass is 418 g/mol. The van der Waals surface area contributed by atoms with Crippen molar-refractivity contribution in [1.82, 2.24) is 14.8 Å². The third-order valence-electron chi connectivity index (χ3n) is 2.89. The van der Waals surface area contributed by atoms with Crippen LogP contribution in [0.1, 0.15) is 27.8 Å². The van der Waals surface area contributed by atoms with Gasteiger partial charge in [-0.15, -0.1) is 0 Å². The van der Waals surface area contributed by atoms with E-state index >= 15 is 0 Å². The number of nitrogens with two attached hydrogens (primary N) is 1. The van der Waals surface area contributed by atoms with Gasteiger partial charge in [-0.1, -0.05) is 0 Å². The second-order valence-corrected chi connectivity index (χ2v) is 5.21. The molecule has 11 heteroatoms. The lowest BCUT2D eigenvalue weighted by molar-refractivity contribution is -0.183. The fourth-order valence-electron chi connectivity index (χ4n) is 1.94. The average Bonchev–Trinajstić information content (AvgIpc) is 2.69. The fourth-order valence-corrected chi connectivity index (χ4v) is 2.68. The first-order valence-corrected chi connectivity index (χ1v) is 6.84. The standard InChI is InChI=1S/C10H10F3IN4O3/c1-2-21-9(20)5-6-8(19)18(15)4(10(11,12)13)3-17(6)16-7(5)14/h4H,2-3,15H2,1H3. The molecule has 0 fully saturated rings. The molecule has 0 aliphatic carbocycles. The summed E-state index contributed by atoms with van der Waals surface area (Å²) in [7, 11) is 0. The molecular formula is C10H10F3IN4O3. The molecule has 116 valence electrons. The molecule has 7 nitrogen and oxygen atoms in total. The molecular weight excluding hydrogens is 408 g/mol. The van der Waals surface area contributed by atoms with E-state index in [0.29, 0.717) is 0 Å². The predicted molar refractivity (Wildman–Crippen MR) is 71.1 cm³/mol. The van der Waals surface area contributed by atoms with E-state index < -0.39 is 30.6 Å². The van der Waals surface area contributed by atoms with Crippen LogP contribution in [0.4, 0.5) is 13.2 Å². The van der Waals surface area contributed by atoms with Crippen molar-refractivity contribution < 1.29 is 27.5 Å². The number of amides is 1. The van der Waals surface area contributed by atoms with Crippen molar-refractivity contribution in [2.75, 3.05) is 6.61 Å². The summed E-state index contributed by atoms with van der Waals surface area (Å²) < 4.78 is 44.2. The minimum absolute atomic E-state index is 0.0608. The smallest absolute Gasteiger partial charge is 0.412 e. The molecule has 0 bridgehead atoms. The number of carbonyl (C=O) groups excluding carboxylic acids is 2. The molecule has 2 rings (SSSR count). The van der Waals surface area contributed by atoms with E-state index in [1.807, 2.05) is 0 Å². The average molecular weight is 418 g/mol. The molecule has 0 saturated heterocycles. The maximum absolute atomic E-state index is 12.8. The van der Waals surface area contributed by atoms with Crippen LogP contribution < -0.4 is 5.84 Å². The van der Waals surface area contributed by atoms with Crippen molar-refractivity contribution in [1.29, 1.82) is 0 Å². The summed E-state index contributed by atoms with van der Waals surface area (Å²) in [6, 6.07) is -2.19. The molecule has 1 aromatic heterocycles. The van der Waals surface area contributed by atoms with Crippen LogP contribution >= 0.6 is 22.6 Å². The molecule has 21 heavy (non-hydrogen) atoms. The summed E-state index contributed by atoms with van der Waals surface area (Å²) in [5.74, 6) is 3.30. The van der Waals surface area contributed by atoms with Gasteiger partial charge in [0.05, 0.1) is 13.2 Å². The Hall–Kier alpha value is -1.37. The molecule has 1 aliphatic rings. The van der Waals surface area contributed by atoms with Crippen LogP contribution in [0, 0.1) is 3.70 Å². The van der Waals surface area contributed by atoms with Crippen LogP contribution in [0.15, 0.2) is 0 Å². The highest BCUT2D eigenvalue weighted by Gasteiger charge is 2.50. The van der Waals surface area contributed by atoms with E-state index in [-0.39, 0.29) is 26.6 Å². The van der Waals surface area contributed by atoms with Crippen molar-refractivity contribution in [2.45, 2.75) is 25.7 Å². The highest BCUT2D eigenvalue weighted by molar-refractivity contribution is 14.1. The summed E-state index contributed by atoms with van der Waals surface area (Å²) in [5.41, 5.74) is -0.459. The molecule has 1 unspecified atom stereocenters. The number of aromatic nitrogens is 2. The lowest BCUT2D eigenvalue weighted by Gasteiger charge is -2.33. The van der Waals surface area contributed by atoms with E-state index in [1.54, 1.807) is 29.5 Å². The Kier molecular flexibility index (Phi) is 4.15. The first kappa shape index (κ1) is 16.0. The third-order valence-corrected chi connectivity index (χ3v) is 3.64. The number of hydrazine groups is 1. The molecule has 0 spiro atoms. The lowest BCUT2D eigenvalue weighted by Crippen LogP contribution is -2.58. The second-order valence-electron chi connectivity index (χ2n) is 4.19. The number of hydrogen-bond donors (Lipinski definition) is 1. The van der Waals surface area contributed by atoms with Crippen LogP contribution in [0.25, 0.3) is 0 Å². The Morgan fingerprint density at radius 3 is 2.71 bits per heavy atom. The Labute approximate surface area is 130 Å². The number of halogens is 4. The summed E-state index contributed by atoms with van der Waals surface area (Å²) in [6.07, 6.45) is -4.69. The SMILES string of the molecule is CCOC(=O)c1c(I)nn2c1C(=O)N(N)C(C(F)(F)F)C2. The van der Waals surface area contributed by atoms with Gasteiger partial charge in [0.2, 0.25) is 0 Å². The zero-order chi connectivity index (χ0) is 15.9. The van der Waals surface area contributed by atoms with Gasteiger partial charge in [0.1, 0.15) is 15.0 Å². The van der Waals surface area contributed by atoms with E-state index in [0.717, 1.165) is 4.68 Å². The number of ether oxygens (including phenoxy) is 1. The third kappa shape index (κ3) is 2.71. The number of fused-ring (bicyclic) bond motifs is 1. The number of carbonyl (C=O) groups is 2. The first-order valence-electron chi connectivity index (χ1n) is 5.76. The Morgan fingerprint density at radius 1 is 1.57 bits per heavy atom. The van der Waals surface area contributed by atoms with Gasteiger partial charge < -0.3 is 4.74 Å². The maximum Gasteiger partial charge on any atom is 0.412 e. The molecule has 0 radical (unpaired) electrons. The first-order chi connectivity index (χ1) is 9.68. The number of hydrogen-bond acceptors (Lipinski definition) is 5. The van der Waals surface area contributed by atoms with Gasteiger partial charge in [0.15, 0.2) is 6.04 Å². The topological polar surface area (TPSA) is 90.4 Å².